The zero-order chi connectivity index (χ0) is 12.1. The quantitative estimate of drug-likeness (QED) is 0.822. The highest BCUT2D eigenvalue weighted by Crippen LogP contribution is 2.19. The van der Waals surface area contributed by atoms with E-state index in [0.717, 1.165) is 31.7 Å². The van der Waals surface area contributed by atoms with Gasteiger partial charge < -0.3 is 9.84 Å². The average molecular weight is 251 g/mol. The van der Waals surface area contributed by atoms with Crippen LogP contribution in [-0.2, 0) is 11.3 Å². The Morgan fingerprint density at radius 3 is 3.24 bits per heavy atom. The number of ether oxygens (including phenoxy) is 1. The van der Waals surface area contributed by atoms with Gasteiger partial charge >= 0.3 is 0 Å². The summed E-state index contributed by atoms with van der Waals surface area (Å²) in [6, 6.07) is 2.64. The largest absolute Gasteiger partial charge is 0.384 e. The van der Waals surface area contributed by atoms with Crippen molar-refractivity contribution < 1.29 is 9.84 Å². The molecule has 0 bridgehead atoms. The van der Waals surface area contributed by atoms with Crippen molar-refractivity contribution in [3.8, 4) is 11.8 Å². The van der Waals surface area contributed by atoms with Gasteiger partial charge in [-0.15, -0.1) is 11.3 Å². The number of likely N-dealkylation sites (N-methyl/N-ethyl adjacent to an activating group) is 1. The van der Waals surface area contributed by atoms with Crippen LogP contribution in [0.25, 0.3) is 0 Å². The Morgan fingerprint density at radius 1 is 1.65 bits per heavy atom. The minimum absolute atomic E-state index is 0.0789. The van der Waals surface area contributed by atoms with Gasteiger partial charge in [-0.1, -0.05) is 11.8 Å². The molecule has 2 rings (SSSR count). The molecule has 1 aliphatic heterocycles. The Kier molecular flexibility index (Phi) is 4.57. The predicted molar refractivity (Wildman–Crippen MR) is 69.0 cm³/mol. The van der Waals surface area contributed by atoms with E-state index in [9.17, 15) is 0 Å². The maximum absolute atomic E-state index is 8.63. The molecule has 0 aromatic carbocycles. The number of hydrogen-bond acceptors (Lipinski definition) is 4. The molecule has 17 heavy (non-hydrogen) atoms. The molecule has 0 amide bonds. The second-order valence-electron chi connectivity index (χ2n) is 4.19. The zero-order valence-electron chi connectivity index (χ0n) is 9.98. The Labute approximate surface area is 106 Å². The van der Waals surface area contributed by atoms with Crippen molar-refractivity contribution in [2.75, 3.05) is 26.9 Å². The van der Waals surface area contributed by atoms with E-state index >= 15 is 0 Å². The average Bonchev–Trinajstić information content (AvgIpc) is 2.97. The molecule has 0 radical (unpaired) electrons. The van der Waals surface area contributed by atoms with E-state index < -0.39 is 0 Å². The fraction of sp³-hybridized carbons (Fsp3) is 0.538. The second kappa shape index (κ2) is 6.18. The number of thiophene rings is 1. The Morgan fingerprint density at radius 2 is 2.53 bits per heavy atom. The number of aliphatic hydroxyl groups is 1. The van der Waals surface area contributed by atoms with Crippen LogP contribution in [0.4, 0.5) is 0 Å². The topological polar surface area (TPSA) is 32.7 Å². The lowest BCUT2D eigenvalue weighted by Gasteiger charge is -2.21. The van der Waals surface area contributed by atoms with Gasteiger partial charge in [0, 0.05) is 35.0 Å². The van der Waals surface area contributed by atoms with E-state index in [-0.39, 0.29) is 6.61 Å². The molecule has 4 heteroatoms. The molecule has 92 valence electrons. The van der Waals surface area contributed by atoms with Crippen molar-refractivity contribution in [1.29, 1.82) is 0 Å². The van der Waals surface area contributed by atoms with E-state index in [1.54, 1.807) is 11.3 Å². The van der Waals surface area contributed by atoms with Crippen LogP contribution in [0.15, 0.2) is 11.4 Å². The summed E-state index contributed by atoms with van der Waals surface area (Å²) in [4.78, 5) is 3.64. The van der Waals surface area contributed by atoms with Gasteiger partial charge in [0.1, 0.15) is 6.61 Å². The first kappa shape index (κ1) is 12.6. The van der Waals surface area contributed by atoms with Crippen LogP contribution >= 0.6 is 11.3 Å². The fourth-order valence-corrected chi connectivity index (χ4v) is 2.79. The molecular weight excluding hydrogens is 234 g/mol. The molecule has 1 fully saturated rings. The van der Waals surface area contributed by atoms with Crippen LogP contribution in [0.3, 0.4) is 0 Å². The summed E-state index contributed by atoms with van der Waals surface area (Å²) in [6.07, 6.45) is 1.12. The van der Waals surface area contributed by atoms with Crippen LogP contribution in [0, 0.1) is 11.8 Å². The highest BCUT2D eigenvalue weighted by Gasteiger charge is 2.20. The van der Waals surface area contributed by atoms with E-state index in [2.05, 4.69) is 29.9 Å². The Bertz CT molecular complexity index is 413. The fourth-order valence-electron chi connectivity index (χ4n) is 1.92. The van der Waals surface area contributed by atoms with Crippen molar-refractivity contribution in [2.24, 2.45) is 0 Å². The van der Waals surface area contributed by atoms with Gasteiger partial charge in [-0.2, -0.15) is 0 Å². The Balaban J connectivity index is 1.91. The minimum atomic E-state index is -0.0789. The van der Waals surface area contributed by atoms with E-state index in [1.807, 2.05) is 5.38 Å². The van der Waals surface area contributed by atoms with Crippen LogP contribution in [0.1, 0.15) is 16.9 Å². The number of nitrogens with zero attached hydrogens (tertiary/aromatic N) is 1. The van der Waals surface area contributed by atoms with Crippen LogP contribution in [0.2, 0.25) is 0 Å². The van der Waals surface area contributed by atoms with Crippen molar-refractivity contribution in [1.82, 2.24) is 4.90 Å². The lowest BCUT2D eigenvalue weighted by Crippen LogP contribution is -2.31. The first-order chi connectivity index (χ1) is 8.29. The van der Waals surface area contributed by atoms with Crippen LogP contribution in [0.5, 0.6) is 0 Å². The van der Waals surface area contributed by atoms with Gasteiger partial charge in [0.2, 0.25) is 0 Å². The third-order valence-electron chi connectivity index (χ3n) is 2.90. The SMILES string of the molecule is CN(Cc1cc(C#CCO)cs1)C1CCOC1. The molecule has 3 nitrogen and oxygen atoms in total. The van der Waals surface area contributed by atoms with E-state index in [1.165, 1.54) is 4.88 Å². The van der Waals surface area contributed by atoms with Crippen LogP contribution in [-0.4, -0.2) is 42.9 Å². The molecule has 1 N–H and O–H groups in total. The number of aliphatic hydroxyl groups excluding tert-OH is 1. The summed E-state index contributed by atoms with van der Waals surface area (Å²) in [5.74, 6) is 5.59. The first-order valence-corrected chi connectivity index (χ1v) is 6.62. The molecular formula is C13H17NO2S. The molecule has 0 aliphatic carbocycles. The molecule has 0 spiro atoms. The molecule has 1 saturated heterocycles. The Hall–Kier alpha value is -0.860. The third-order valence-corrected chi connectivity index (χ3v) is 3.82. The monoisotopic (exact) mass is 251 g/mol. The molecule has 0 saturated carbocycles. The molecule has 1 aromatic rings. The van der Waals surface area contributed by atoms with Crippen molar-refractivity contribution >= 4 is 11.3 Å². The van der Waals surface area contributed by atoms with Gasteiger partial charge in [-0.25, -0.2) is 0 Å². The van der Waals surface area contributed by atoms with Gasteiger partial charge in [0.05, 0.1) is 6.61 Å². The van der Waals surface area contributed by atoms with E-state index in [4.69, 9.17) is 9.84 Å². The molecule has 2 heterocycles. The molecule has 1 unspecified atom stereocenters. The maximum Gasteiger partial charge on any atom is 0.104 e. The molecule has 1 atom stereocenters. The number of rotatable bonds is 3. The zero-order valence-corrected chi connectivity index (χ0v) is 10.8. The summed E-state index contributed by atoms with van der Waals surface area (Å²) < 4.78 is 5.39. The van der Waals surface area contributed by atoms with Gasteiger partial charge in [0.25, 0.3) is 0 Å². The lowest BCUT2D eigenvalue weighted by atomic mass is 10.2. The second-order valence-corrected chi connectivity index (χ2v) is 5.19. The smallest absolute Gasteiger partial charge is 0.104 e. The highest BCUT2D eigenvalue weighted by atomic mass is 32.1. The van der Waals surface area contributed by atoms with Gasteiger partial charge in [-0.3, -0.25) is 4.90 Å². The van der Waals surface area contributed by atoms with Crippen molar-refractivity contribution in [2.45, 2.75) is 19.0 Å². The predicted octanol–water partition coefficient (Wildman–Crippen LogP) is 1.31. The third kappa shape index (κ3) is 3.55. The van der Waals surface area contributed by atoms with E-state index in [0.29, 0.717) is 6.04 Å². The standard InChI is InChI=1S/C13H17NO2S/c1-14(12-4-6-16-9-12)8-13-7-11(10-17-13)3-2-5-15/h7,10,12,15H,4-6,8-9H2,1H3. The van der Waals surface area contributed by atoms with Gasteiger partial charge in [-0.05, 0) is 19.5 Å². The maximum atomic E-state index is 8.63. The summed E-state index contributed by atoms with van der Waals surface area (Å²) in [7, 11) is 2.14. The normalized spacial score (nSPS) is 19.4. The van der Waals surface area contributed by atoms with Gasteiger partial charge in [0.15, 0.2) is 0 Å². The lowest BCUT2D eigenvalue weighted by molar-refractivity contribution is 0.157. The summed E-state index contributed by atoms with van der Waals surface area (Å²) in [5, 5.41) is 10.7. The first-order valence-electron chi connectivity index (χ1n) is 5.74. The minimum Gasteiger partial charge on any atom is -0.384 e. The summed E-state index contributed by atoms with van der Waals surface area (Å²) >= 11 is 1.72. The van der Waals surface area contributed by atoms with Crippen LogP contribution < -0.4 is 0 Å². The molecule has 1 aromatic heterocycles. The summed E-state index contributed by atoms with van der Waals surface area (Å²) in [5.41, 5.74) is 0.995. The molecule has 1 aliphatic rings. The van der Waals surface area contributed by atoms with Crippen molar-refractivity contribution in [3.63, 3.8) is 0 Å². The highest BCUT2D eigenvalue weighted by molar-refractivity contribution is 7.10. The summed E-state index contributed by atoms with van der Waals surface area (Å²) in [6.45, 7) is 2.59. The van der Waals surface area contributed by atoms with Crippen molar-refractivity contribution in [3.05, 3.63) is 21.9 Å². The number of hydrogen-bond donors (Lipinski definition) is 1.